The van der Waals surface area contributed by atoms with Crippen molar-refractivity contribution in [3.8, 4) is 17.2 Å². The molecule has 102 valence electrons. The SMILES string of the molecule is N=C(N)c1cc(COc2ccc3c(c2)OCO3)ccn1. The topological polar surface area (TPSA) is 90.5 Å². The van der Waals surface area contributed by atoms with E-state index in [1.54, 1.807) is 18.3 Å². The molecule has 0 saturated carbocycles. The number of aromatic nitrogens is 1. The number of fused-ring (bicyclic) bond motifs is 1. The number of nitrogens with two attached hydrogens (primary N) is 1. The molecule has 0 unspecified atom stereocenters. The van der Waals surface area contributed by atoms with Gasteiger partial charge in [0, 0.05) is 12.3 Å². The Hall–Kier alpha value is -2.76. The molecule has 0 radical (unpaired) electrons. The maximum absolute atomic E-state index is 7.36. The fourth-order valence-electron chi connectivity index (χ4n) is 1.84. The number of rotatable bonds is 4. The molecule has 6 heteroatoms. The lowest BCUT2D eigenvalue weighted by molar-refractivity contribution is 0.173. The summed E-state index contributed by atoms with van der Waals surface area (Å²) in [7, 11) is 0. The van der Waals surface area contributed by atoms with E-state index in [1.165, 1.54) is 0 Å². The first-order valence-electron chi connectivity index (χ1n) is 6.04. The predicted octanol–water partition coefficient (Wildman–Crippen LogP) is 1.67. The lowest BCUT2D eigenvalue weighted by Gasteiger charge is -2.07. The summed E-state index contributed by atoms with van der Waals surface area (Å²) < 4.78 is 16.2. The van der Waals surface area contributed by atoms with Crippen LogP contribution in [0.15, 0.2) is 36.5 Å². The van der Waals surface area contributed by atoms with Crippen LogP contribution in [-0.2, 0) is 6.61 Å². The number of hydrogen-bond donors (Lipinski definition) is 2. The third-order valence-electron chi connectivity index (χ3n) is 2.85. The Labute approximate surface area is 115 Å². The zero-order valence-electron chi connectivity index (χ0n) is 10.6. The van der Waals surface area contributed by atoms with Crippen molar-refractivity contribution in [3.63, 3.8) is 0 Å². The highest BCUT2D eigenvalue weighted by atomic mass is 16.7. The second-order valence-corrected chi connectivity index (χ2v) is 4.27. The first-order chi connectivity index (χ1) is 9.72. The second kappa shape index (κ2) is 5.08. The monoisotopic (exact) mass is 271 g/mol. The maximum atomic E-state index is 7.36. The summed E-state index contributed by atoms with van der Waals surface area (Å²) in [6, 6.07) is 8.97. The van der Waals surface area contributed by atoms with Crippen LogP contribution in [-0.4, -0.2) is 17.6 Å². The molecule has 0 aliphatic carbocycles. The molecule has 6 nitrogen and oxygen atoms in total. The van der Waals surface area contributed by atoms with Gasteiger partial charge in [0.15, 0.2) is 11.5 Å². The van der Waals surface area contributed by atoms with Gasteiger partial charge in [0.25, 0.3) is 0 Å². The fourth-order valence-corrected chi connectivity index (χ4v) is 1.84. The Morgan fingerprint density at radius 3 is 2.95 bits per heavy atom. The maximum Gasteiger partial charge on any atom is 0.231 e. The molecule has 0 amide bonds. The molecule has 1 aromatic carbocycles. The van der Waals surface area contributed by atoms with E-state index in [1.807, 2.05) is 18.2 Å². The molecule has 0 saturated heterocycles. The summed E-state index contributed by atoms with van der Waals surface area (Å²) in [5, 5.41) is 7.36. The Bertz CT molecular complexity index is 658. The highest BCUT2D eigenvalue weighted by Crippen LogP contribution is 2.35. The van der Waals surface area contributed by atoms with Crippen molar-refractivity contribution in [2.45, 2.75) is 6.61 Å². The van der Waals surface area contributed by atoms with E-state index in [4.69, 9.17) is 25.4 Å². The van der Waals surface area contributed by atoms with Crippen molar-refractivity contribution in [1.29, 1.82) is 5.41 Å². The van der Waals surface area contributed by atoms with Crippen LogP contribution in [0.5, 0.6) is 17.2 Å². The lowest BCUT2D eigenvalue weighted by Crippen LogP contribution is -2.13. The molecule has 0 spiro atoms. The predicted molar refractivity (Wildman–Crippen MR) is 72.2 cm³/mol. The second-order valence-electron chi connectivity index (χ2n) is 4.27. The van der Waals surface area contributed by atoms with Crippen molar-refractivity contribution in [2.75, 3.05) is 6.79 Å². The Morgan fingerprint density at radius 1 is 1.25 bits per heavy atom. The summed E-state index contributed by atoms with van der Waals surface area (Å²) in [5.41, 5.74) is 6.73. The third-order valence-corrected chi connectivity index (χ3v) is 2.85. The number of benzene rings is 1. The van der Waals surface area contributed by atoms with Crippen molar-refractivity contribution in [1.82, 2.24) is 4.98 Å². The zero-order chi connectivity index (χ0) is 13.9. The van der Waals surface area contributed by atoms with Gasteiger partial charge in [-0.1, -0.05) is 0 Å². The third kappa shape index (κ3) is 2.49. The zero-order valence-corrected chi connectivity index (χ0v) is 10.6. The first kappa shape index (κ1) is 12.3. The summed E-state index contributed by atoms with van der Waals surface area (Å²) in [5.74, 6) is 2.03. The molecule has 0 fully saturated rings. The molecule has 3 N–H and O–H groups in total. The lowest BCUT2D eigenvalue weighted by atomic mass is 10.2. The van der Waals surface area contributed by atoms with Crippen LogP contribution >= 0.6 is 0 Å². The van der Waals surface area contributed by atoms with Gasteiger partial charge >= 0.3 is 0 Å². The molecule has 3 rings (SSSR count). The first-order valence-corrected chi connectivity index (χ1v) is 6.04. The Balaban J connectivity index is 1.70. The van der Waals surface area contributed by atoms with Crippen LogP contribution in [0, 0.1) is 5.41 Å². The average Bonchev–Trinajstić information content (AvgIpc) is 2.93. The van der Waals surface area contributed by atoms with E-state index in [0.717, 1.165) is 11.3 Å². The molecule has 1 aliphatic rings. The van der Waals surface area contributed by atoms with Gasteiger partial charge in [0.1, 0.15) is 23.9 Å². The van der Waals surface area contributed by atoms with Crippen molar-refractivity contribution < 1.29 is 14.2 Å². The van der Waals surface area contributed by atoms with E-state index in [-0.39, 0.29) is 12.6 Å². The average molecular weight is 271 g/mol. The van der Waals surface area contributed by atoms with E-state index >= 15 is 0 Å². The van der Waals surface area contributed by atoms with Gasteiger partial charge in [0.05, 0.1) is 0 Å². The van der Waals surface area contributed by atoms with Crippen LogP contribution in [0.2, 0.25) is 0 Å². The van der Waals surface area contributed by atoms with Crippen molar-refractivity contribution in [3.05, 3.63) is 47.8 Å². The minimum atomic E-state index is -0.0603. The summed E-state index contributed by atoms with van der Waals surface area (Å²) in [6.45, 7) is 0.605. The largest absolute Gasteiger partial charge is 0.489 e. The number of ether oxygens (including phenoxy) is 3. The molecule has 0 atom stereocenters. The summed E-state index contributed by atoms with van der Waals surface area (Å²) in [4.78, 5) is 4.00. The normalized spacial score (nSPS) is 12.2. The minimum absolute atomic E-state index is 0.0603. The van der Waals surface area contributed by atoms with Gasteiger partial charge in [-0.3, -0.25) is 10.4 Å². The number of hydrogen-bond acceptors (Lipinski definition) is 5. The van der Waals surface area contributed by atoms with E-state index in [0.29, 0.717) is 23.8 Å². The van der Waals surface area contributed by atoms with Gasteiger partial charge in [-0.05, 0) is 29.8 Å². The van der Waals surface area contributed by atoms with Gasteiger partial charge in [-0.15, -0.1) is 0 Å². The molecular weight excluding hydrogens is 258 g/mol. The fraction of sp³-hybridized carbons (Fsp3) is 0.143. The number of nitrogens with one attached hydrogen (secondary N) is 1. The molecule has 2 aromatic rings. The van der Waals surface area contributed by atoms with E-state index in [2.05, 4.69) is 4.98 Å². The van der Waals surface area contributed by atoms with Gasteiger partial charge in [-0.2, -0.15) is 0 Å². The number of nitrogens with zero attached hydrogens (tertiary/aromatic N) is 1. The Morgan fingerprint density at radius 2 is 2.10 bits per heavy atom. The number of amidine groups is 1. The molecule has 1 aromatic heterocycles. The quantitative estimate of drug-likeness (QED) is 0.652. The van der Waals surface area contributed by atoms with Crippen LogP contribution in [0.1, 0.15) is 11.3 Å². The summed E-state index contributed by atoms with van der Waals surface area (Å²) >= 11 is 0. The Kier molecular flexibility index (Phi) is 3.12. The molecule has 0 bridgehead atoms. The highest BCUT2D eigenvalue weighted by Gasteiger charge is 2.13. The van der Waals surface area contributed by atoms with Gasteiger partial charge in [0.2, 0.25) is 6.79 Å². The van der Waals surface area contributed by atoms with Crippen LogP contribution < -0.4 is 19.9 Å². The van der Waals surface area contributed by atoms with Gasteiger partial charge < -0.3 is 19.9 Å². The molecule has 2 heterocycles. The standard InChI is InChI=1S/C14H13N3O3/c15-14(16)11-5-9(3-4-17-11)7-18-10-1-2-12-13(6-10)20-8-19-12/h1-6H,7-8H2,(H3,15,16). The van der Waals surface area contributed by atoms with Crippen LogP contribution in [0.3, 0.4) is 0 Å². The highest BCUT2D eigenvalue weighted by molar-refractivity contribution is 5.93. The minimum Gasteiger partial charge on any atom is -0.489 e. The summed E-state index contributed by atoms with van der Waals surface area (Å²) in [6.07, 6.45) is 1.61. The van der Waals surface area contributed by atoms with Crippen LogP contribution in [0.25, 0.3) is 0 Å². The van der Waals surface area contributed by atoms with Crippen molar-refractivity contribution in [2.24, 2.45) is 5.73 Å². The van der Waals surface area contributed by atoms with E-state index < -0.39 is 0 Å². The van der Waals surface area contributed by atoms with E-state index in [9.17, 15) is 0 Å². The molecule has 1 aliphatic heterocycles. The smallest absolute Gasteiger partial charge is 0.231 e. The molecular formula is C14H13N3O3. The van der Waals surface area contributed by atoms with Gasteiger partial charge in [-0.25, -0.2) is 0 Å². The molecule has 20 heavy (non-hydrogen) atoms. The van der Waals surface area contributed by atoms with Crippen molar-refractivity contribution >= 4 is 5.84 Å². The number of nitrogen functional groups attached to an aromatic ring is 1. The number of pyridine rings is 1. The van der Waals surface area contributed by atoms with Crippen LogP contribution in [0.4, 0.5) is 0 Å².